The van der Waals surface area contributed by atoms with Gasteiger partial charge in [-0.25, -0.2) is 4.68 Å². The van der Waals surface area contributed by atoms with Crippen molar-refractivity contribution in [3.05, 3.63) is 59.2 Å². The average Bonchev–Trinajstić information content (AvgIpc) is 3.46. The van der Waals surface area contributed by atoms with Crippen LogP contribution in [0.3, 0.4) is 0 Å². The molecule has 0 aliphatic heterocycles. The van der Waals surface area contributed by atoms with Crippen molar-refractivity contribution in [1.29, 1.82) is 0 Å². The predicted molar refractivity (Wildman–Crippen MR) is 100 cm³/mol. The highest BCUT2D eigenvalue weighted by Gasteiger charge is 2.30. The van der Waals surface area contributed by atoms with Crippen LogP contribution in [0, 0.1) is 4.84 Å². The lowest BCUT2D eigenvalue weighted by atomic mass is 10.2. The molecule has 26 heavy (non-hydrogen) atoms. The zero-order valence-corrected chi connectivity index (χ0v) is 15.4. The molecule has 0 atom stereocenters. The lowest BCUT2D eigenvalue weighted by Gasteiger charge is -2.21. The normalized spacial score (nSPS) is 13.9. The van der Waals surface area contributed by atoms with Crippen LogP contribution in [0.25, 0.3) is 11.5 Å². The number of nitrogens with zero attached hydrogens (tertiary/aromatic N) is 4. The molecule has 4 rings (SSSR count). The van der Waals surface area contributed by atoms with Crippen LogP contribution < -0.4 is 4.74 Å². The topological polar surface area (TPSA) is 56.3 Å². The van der Waals surface area contributed by atoms with Gasteiger partial charge in [-0.3, -0.25) is 9.88 Å². The summed E-state index contributed by atoms with van der Waals surface area (Å²) in [6, 6.07) is 12.3. The largest absolute Gasteiger partial charge is 0.496 e. The van der Waals surface area contributed by atoms with Crippen molar-refractivity contribution in [2.45, 2.75) is 32.1 Å². The molecule has 6 nitrogen and oxygen atoms in total. The Morgan fingerprint density at radius 2 is 2.00 bits per heavy atom. The first kappa shape index (κ1) is 16.9. The molecule has 1 aromatic carbocycles. The molecule has 1 aliphatic carbocycles. The Balaban J connectivity index is 1.58. The SMILES string of the molecule is COc1ccccc1-c1nn(CN(Cc2ccncc2)C2CC2)c(=S)o1. The third-order valence-corrected chi connectivity index (χ3v) is 4.75. The highest BCUT2D eigenvalue weighted by atomic mass is 32.1. The maximum atomic E-state index is 5.74. The molecule has 0 amide bonds. The first-order valence-electron chi connectivity index (χ1n) is 8.59. The summed E-state index contributed by atoms with van der Waals surface area (Å²) in [5.74, 6) is 1.19. The van der Waals surface area contributed by atoms with Crippen LogP contribution in [-0.2, 0) is 13.2 Å². The monoisotopic (exact) mass is 368 g/mol. The van der Waals surface area contributed by atoms with Crippen LogP contribution in [0.15, 0.2) is 53.2 Å². The molecule has 3 aromatic rings. The maximum Gasteiger partial charge on any atom is 0.288 e. The molecule has 2 aromatic heterocycles. The molecule has 1 saturated carbocycles. The lowest BCUT2D eigenvalue weighted by Crippen LogP contribution is -2.28. The Morgan fingerprint density at radius 3 is 2.73 bits per heavy atom. The predicted octanol–water partition coefficient (Wildman–Crippen LogP) is 3.90. The number of para-hydroxylation sites is 1. The molecule has 0 unspecified atom stereocenters. The van der Waals surface area contributed by atoms with E-state index in [-0.39, 0.29) is 0 Å². The number of rotatable bonds is 7. The number of benzene rings is 1. The van der Waals surface area contributed by atoms with Gasteiger partial charge in [0.1, 0.15) is 5.75 Å². The Labute approximate surface area is 157 Å². The summed E-state index contributed by atoms with van der Waals surface area (Å²) < 4.78 is 12.9. The third-order valence-electron chi connectivity index (χ3n) is 4.46. The summed E-state index contributed by atoms with van der Waals surface area (Å²) in [5, 5.41) is 4.59. The Kier molecular flexibility index (Phi) is 4.81. The molecule has 1 aliphatic rings. The van der Waals surface area contributed by atoms with Gasteiger partial charge in [0.15, 0.2) is 0 Å². The van der Waals surface area contributed by atoms with E-state index in [4.69, 9.17) is 21.4 Å². The Morgan fingerprint density at radius 1 is 1.23 bits per heavy atom. The summed E-state index contributed by atoms with van der Waals surface area (Å²) in [6.45, 7) is 1.44. The maximum absolute atomic E-state index is 5.74. The van der Waals surface area contributed by atoms with Crippen molar-refractivity contribution in [1.82, 2.24) is 19.7 Å². The van der Waals surface area contributed by atoms with E-state index in [9.17, 15) is 0 Å². The lowest BCUT2D eigenvalue weighted by molar-refractivity contribution is 0.184. The highest BCUT2D eigenvalue weighted by molar-refractivity contribution is 7.71. The first-order valence-corrected chi connectivity index (χ1v) is 8.99. The summed E-state index contributed by atoms with van der Waals surface area (Å²) >= 11 is 5.40. The fourth-order valence-corrected chi connectivity index (χ4v) is 3.13. The van der Waals surface area contributed by atoms with Gasteiger partial charge in [0, 0.05) is 25.0 Å². The molecule has 7 heteroatoms. The Bertz CT molecular complexity index is 934. The summed E-state index contributed by atoms with van der Waals surface area (Å²) in [5.41, 5.74) is 2.03. The molecule has 2 heterocycles. The van der Waals surface area contributed by atoms with Crippen molar-refractivity contribution < 1.29 is 9.15 Å². The van der Waals surface area contributed by atoms with E-state index in [1.165, 1.54) is 18.4 Å². The van der Waals surface area contributed by atoms with Gasteiger partial charge < -0.3 is 9.15 Å². The standard InChI is InChI=1S/C19H20N4O2S/c1-24-17-5-3-2-4-16(17)18-21-23(19(26)25-18)13-22(15-6-7-15)12-14-8-10-20-11-9-14/h2-5,8-11,15H,6-7,12-13H2,1H3. The number of hydrogen-bond acceptors (Lipinski definition) is 6. The van der Waals surface area contributed by atoms with E-state index in [0.717, 1.165) is 12.1 Å². The van der Waals surface area contributed by atoms with Gasteiger partial charge in [-0.15, -0.1) is 5.10 Å². The van der Waals surface area contributed by atoms with Crippen molar-refractivity contribution in [2.75, 3.05) is 7.11 Å². The van der Waals surface area contributed by atoms with Crippen LogP contribution in [0.1, 0.15) is 18.4 Å². The minimum absolute atomic E-state index is 0.367. The summed E-state index contributed by atoms with van der Waals surface area (Å²) in [7, 11) is 1.63. The first-order chi connectivity index (χ1) is 12.7. The molecule has 0 N–H and O–H groups in total. The van der Waals surface area contributed by atoms with E-state index >= 15 is 0 Å². The number of methoxy groups -OCH3 is 1. The van der Waals surface area contributed by atoms with E-state index in [1.54, 1.807) is 11.8 Å². The minimum Gasteiger partial charge on any atom is -0.496 e. The zero-order valence-electron chi connectivity index (χ0n) is 14.5. The number of hydrogen-bond donors (Lipinski definition) is 0. The molecule has 0 radical (unpaired) electrons. The fraction of sp³-hybridized carbons (Fsp3) is 0.316. The molecule has 1 fully saturated rings. The second-order valence-corrected chi connectivity index (χ2v) is 6.70. The number of ether oxygens (including phenoxy) is 1. The smallest absolute Gasteiger partial charge is 0.288 e. The molecule has 0 saturated heterocycles. The second kappa shape index (κ2) is 7.39. The quantitative estimate of drug-likeness (QED) is 0.590. The van der Waals surface area contributed by atoms with Crippen LogP contribution >= 0.6 is 12.2 Å². The van der Waals surface area contributed by atoms with Gasteiger partial charge in [0.05, 0.1) is 19.3 Å². The van der Waals surface area contributed by atoms with Gasteiger partial charge in [-0.05, 0) is 54.9 Å². The molecule has 134 valence electrons. The van der Waals surface area contributed by atoms with Crippen LogP contribution in [0.2, 0.25) is 0 Å². The zero-order chi connectivity index (χ0) is 17.9. The van der Waals surface area contributed by atoms with Crippen LogP contribution in [0.5, 0.6) is 5.75 Å². The highest BCUT2D eigenvalue weighted by Crippen LogP contribution is 2.31. The molecular formula is C19H20N4O2S. The van der Waals surface area contributed by atoms with E-state index in [1.807, 2.05) is 48.8 Å². The second-order valence-electron chi connectivity index (χ2n) is 6.35. The van der Waals surface area contributed by atoms with Crippen LogP contribution in [0.4, 0.5) is 0 Å². The van der Waals surface area contributed by atoms with E-state index < -0.39 is 0 Å². The Hall–Kier alpha value is -2.51. The number of pyridine rings is 1. The van der Waals surface area contributed by atoms with Crippen molar-refractivity contribution in [3.8, 4) is 17.2 Å². The fourth-order valence-electron chi connectivity index (χ4n) is 2.95. The number of aromatic nitrogens is 3. The van der Waals surface area contributed by atoms with E-state index in [0.29, 0.717) is 29.2 Å². The summed E-state index contributed by atoms with van der Waals surface area (Å²) in [6.07, 6.45) is 6.05. The van der Waals surface area contributed by atoms with Crippen molar-refractivity contribution in [2.24, 2.45) is 0 Å². The summed E-state index contributed by atoms with van der Waals surface area (Å²) in [4.78, 5) is 6.83. The van der Waals surface area contributed by atoms with Crippen molar-refractivity contribution >= 4 is 12.2 Å². The van der Waals surface area contributed by atoms with Gasteiger partial charge >= 0.3 is 0 Å². The van der Waals surface area contributed by atoms with Gasteiger partial charge in [0.2, 0.25) is 0 Å². The van der Waals surface area contributed by atoms with E-state index in [2.05, 4.69) is 15.0 Å². The molecule has 0 spiro atoms. The van der Waals surface area contributed by atoms with Crippen LogP contribution in [-0.4, -0.2) is 32.8 Å². The minimum atomic E-state index is 0.367. The third kappa shape index (κ3) is 3.68. The van der Waals surface area contributed by atoms with Gasteiger partial charge in [-0.2, -0.15) is 0 Å². The average molecular weight is 368 g/mol. The molecule has 0 bridgehead atoms. The molecular weight excluding hydrogens is 348 g/mol. The van der Waals surface area contributed by atoms with Gasteiger partial charge in [-0.1, -0.05) is 12.1 Å². The van der Waals surface area contributed by atoms with Crippen molar-refractivity contribution in [3.63, 3.8) is 0 Å². The van der Waals surface area contributed by atoms with Gasteiger partial charge in [0.25, 0.3) is 10.7 Å².